The summed E-state index contributed by atoms with van der Waals surface area (Å²) in [7, 11) is 0. The van der Waals surface area contributed by atoms with Crippen molar-refractivity contribution >= 4 is 11.6 Å². The molecule has 1 aromatic carbocycles. The number of anilines is 1. The van der Waals surface area contributed by atoms with E-state index in [4.69, 9.17) is 10.5 Å². The molecule has 124 valence electrons. The van der Waals surface area contributed by atoms with Crippen LogP contribution in [0.3, 0.4) is 0 Å². The number of alkyl halides is 3. The van der Waals surface area contributed by atoms with Crippen molar-refractivity contribution in [3.8, 4) is 5.75 Å². The molecule has 1 amide bonds. The first-order valence-corrected chi connectivity index (χ1v) is 6.96. The number of halogens is 3. The molecule has 22 heavy (non-hydrogen) atoms. The maximum Gasteiger partial charge on any atom is 0.422 e. The molecule has 0 aliphatic carbocycles. The third kappa shape index (κ3) is 5.22. The summed E-state index contributed by atoms with van der Waals surface area (Å²) in [5.41, 5.74) is 5.70. The number of benzene rings is 1. The monoisotopic (exact) mass is 318 g/mol. The van der Waals surface area contributed by atoms with Gasteiger partial charge in [0.1, 0.15) is 5.75 Å². The van der Waals surface area contributed by atoms with E-state index in [-0.39, 0.29) is 11.7 Å². The molecule has 0 fully saturated rings. The Morgan fingerprint density at radius 1 is 1.36 bits per heavy atom. The number of rotatable bonds is 6. The lowest BCUT2D eigenvalue weighted by molar-refractivity contribution is -0.153. The van der Waals surface area contributed by atoms with E-state index in [1.54, 1.807) is 19.9 Å². The molecule has 0 bridgehead atoms. The van der Waals surface area contributed by atoms with Crippen LogP contribution in [-0.4, -0.2) is 24.2 Å². The molecule has 0 aliphatic heterocycles. The zero-order valence-electron chi connectivity index (χ0n) is 12.9. The highest BCUT2D eigenvalue weighted by atomic mass is 19.4. The van der Waals surface area contributed by atoms with Crippen molar-refractivity contribution in [2.45, 2.75) is 45.3 Å². The Morgan fingerprint density at radius 2 is 2.00 bits per heavy atom. The maximum atomic E-state index is 12.2. The van der Waals surface area contributed by atoms with Gasteiger partial charge in [-0.15, -0.1) is 0 Å². The second-order valence-corrected chi connectivity index (χ2v) is 5.45. The van der Waals surface area contributed by atoms with E-state index in [9.17, 15) is 18.0 Å². The summed E-state index contributed by atoms with van der Waals surface area (Å²) in [5.74, 6) is -0.310. The lowest BCUT2D eigenvalue weighted by atomic mass is 9.96. The number of nitrogens with one attached hydrogen (secondary N) is 1. The standard InChI is InChI=1S/C15H21F3N2O2/c1-4-8-14(3,19)13(21)20-11-6-5-7-12(10(11)2)22-9-15(16,17)18/h5-7H,4,8-9,19H2,1-3H3,(H,20,21). The summed E-state index contributed by atoms with van der Waals surface area (Å²) in [4.78, 5) is 12.1. The van der Waals surface area contributed by atoms with Gasteiger partial charge in [-0.1, -0.05) is 19.4 Å². The lowest BCUT2D eigenvalue weighted by Gasteiger charge is -2.24. The average Bonchev–Trinajstić information content (AvgIpc) is 2.38. The number of nitrogens with two attached hydrogens (primary N) is 1. The zero-order valence-corrected chi connectivity index (χ0v) is 12.9. The highest BCUT2D eigenvalue weighted by molar-refractivity contribution is 5.98. The van der Waals surface area contributed by atoms with Crippen molar-refractivity contribution in [3.05, 3.63) is 23.8 Å². The van der Waals surface area contributed by atoms with Crippen LogP contribution in [0.5, 0.6) is 5.75 Å². The lowest BCUT2D eigenvalue weighted by Crippen LogP contribution is -2.48. The van der Waals surface area contributed by atoms with E-state index in [1.165, 1.54) is 12.1 Å². The van der Waals surface area contributed by atoms with Gasteiger partial charge in [-0.3, -0.25) is 4.79 Å². The van der Waals surface area contributed by atoms with Crippen LogP contribution in [0.15, 0.2) is 18.2 Å². The van der Waals surface area contributed by atoms with E-state index in [2.05, 4.69) is 5.32 Å². The quantitative estimate of drug-likeness (QED) is 0.845. The Balaban J connectivity index is 2.87. The van der Waals surface area contributed by atoms with Gasteiger partial charge in [0.2, 0.25) is 5.91 Å². The van der Waals surface area contributed by atoms with E-state index >= 15 is 0 Å². The third-order valence-electron chi connectivity index (χ3n) is 3.21. The minimum Gasteiger partial charge on any atom is -0.484 e. The highest BCUT2D eigenvalue weighted by Gasteiger charge is 2.30. The summed E-state index contributed by atoms with van der Waals surface area (Å²) in [5, 5.41) is 2.65. The Kier molecular flexibility index (Phi) is 5.82. The van der Waals surface area contributed by atoms with Crippen LogP contribution in [0.25, 0.3) is 0 Å². The molecular weight excluding hydrogens is 297 g/mol. The first kappa shape index (κ1) is 18.3. The van der Waals surface area contributed by atoms with Gasteiger partial charge in [-0.25, -0.2) is 0 Å². The van der Waals surface area contributed by atoms with Gasteiger partial charge in [0.05, 0.1) is 5.54 Å². The van der Waals surface area contributed by atoms with Crippen LogP contribution < -0.4 is 15.8 Å². The molecule has 1 aromatic rings. The van der Waals surface area contributed by atoms with Crippen molar-refractivity contribution in [1.29, 1.82) is 0 Å². The van der Waals surface area contributed by atoms with Crippen molar-refractivity contribution in [2.24, 2.45) is 5.73 Å². The Morgan fingerprint density at radius 3 is 2.55 bits per heavy atom. The van der Waals surface area contributed by atoms with Gasteiger partial charge in [0, 0.05) is 11.3 Å². The first-order valence-electron chi connectivity index (χ1n) is 6.96. The van der Waals surface area contributed by atoms with Crippen LogP contribution in [0.2, 0.25) is 0 Å². The van der Waals surface area contributed by atoms with Crippen LogP contribution in [0.1, 0.15) is 32.3 Å². The molecule has 0 aliphatic rings. The van der Waals surface area contributed by atoms with Crippen LogP contribution in [0.4, 0.5) is 18.9 Å². The van der Waals surface area contributed by atoms with Crippen molar-refractivity contribution < 1.29 is 22.7 Å². The molecule has 0 saturated carbocycles. The summed E-state index contributed by atoms with van der Waals surface area (Å²) >= 11 is 0. The number of amides is 1. The summed E-state index contributed by atoms with van der Waals surface area (Å²) in [6.45, 7) is 3.73. The summed E-state index contributed by atoms with van der Waals surface area (Å²) in [6, 6.07) is 4.53. The van der Waals surface area contributed by atoms with Gasteiger partial charge < -0.3 is 15.8 Å². The van der Waals surface area contributed by atoms with Gasteiger partial charge in [-0.05, 0) is 32.4 Å². The fourth-order valence-electron chi connectivity index (χ4n) is 1.96. The number of carbonyl (C=O) groups is 1. The van der Waals surface area contributed by atoms with E-state index in [0.717, 1.165) is 6.42 Å². The number of carbonyl (C=O) groups excluding carboxylic acids is 1. The minimum atomic E-state index is -4.41. The summed E-state index contributed by atoms with van der Waals surface area (Å²) in [6.07, 6.45) is -3.17. The highest BCUT2D eigenvalue weighted by Crippen LogP contribution is 2.28. The zero-order chi connectivity index (χ0) is 17.0. The smallest absolute Gasteiger partial charge is 0.422 e. The number of hydrogen-bond donors (Lipinski definition) is 2. The molecule has 1 atom stereocenters. The molecule has 7 heteroatoms. The molecule has 1 unspecified atom stereocenters. The van der Waals surface area contributed by atoms with Crippen LogP contribution in [-0.2, 0) is 4.79 Å². The van der Waals surface area contributed by atoms with Gasteiger partial charge in [-0.2, -0.15) is 13.2 Å². The molecule has 0 heterocycles. The Labute approximate surface area is 127 Å². The van der Waals surface area contributed by atoms with Crippen LogP contribution in [0, 0.1) is 6.92 Å². The molecule has 1 rings (SSSR count). The van der Waals surface area contributed by atoms with Crippen LogP contribution >= 0.6 is 0 Å². The molecule has 0 spiro atoms. The van der Waals surface area contributed by atoms with E-state index in [0.29, 0.717) is 17.7 Å². The van der Waals surface area contributed by atoms with E-state index < -0.39 is 18.3 Å². The van der Waals surface area contributed by atoms with Gasteiger partial charge in [0.25, 0.3) is 0 Å². The second kappa shape index (κ2) is 7.00. The average molecular weight is 318 g/mol. The molecule has 0 radical (unpaired) electrons. The Bertz CT molecular complexity index is 528. The van der Waals surface area contributed by atoms with Gasteiger partial charge in [0.15, 0.2) is 6.61 Å². The largest absolute Gasteiger partial charge is 0.484 e. The molecule has 3 N–H and O–H groups in total. The number of hydrogen-bond acceptors (Lipinski definition) is 3. The maximum absolute atomic E-state index is 12.2. The predicted octanol–water partition coefficient (Wildman–Crippen LogP) is 3.39. The molecule has 0 aromatic heterocycles. The van der Waals surface area contributed by atoms with Crippen molar-refractivity contribution in [3.63, 3.8) is 0 Å². The SMILES string of the molecule is CCCC(C)(N)C(=O)Nc1cccc(OCC(F)(F)F)c1C. The normalized spacial score (nSPS) is 14.3. The fourth-order valence-corrected chi connectivity index (χ4v) is 1.96. The van der Waals surface area contributed by atoms with Crippen molar-refractivity contribution in [2.75, 3.05) is 11.9 Å². The van der Waals surface area contributed by atoms with Gasteiger partial charge >= 0.3 is 6.18 Å². The molecular formula is C15H21F3N2O2. The molecule has 0 saturated heterocycles. The molecule has 4 nitrogen and oxygen atoms in total. The second-order valence-electron chi connectivity index (χ2n) is 5.45. The summed E-state index contributed by atoms with van der Waals surface area (Å²) < 4.78 is 41.4. The Hall–Kier alpha value is -1.76. The van der Waals surface area contributed by atoms with Crippen molar-refractivity contribution in [1.82, 2.24) is 0 Å². The van der Waals surface area contributed by atoms with E-state index in [1.807, 2.05) is 6.92 Å². The number of ether oxygens (including phenoxy) is 1. The fraction of sp³-hybridized carbons (Fsp3) is 0.533. The minimum absolute atomic E-state index is 0.0735. The first-order chi connectivity index (χ1) is 10.1. The predicted molar refractivity (Wildman–Crippen MR) is 78.9 cm³/mol. The third-order valence-corrected chi connectivity index (χ3v) is 3.21. The topological polar surface area (TPSA) is 64.4 Å².